The maximum absolute atomic E-state index is 13.1. The normalized spacial score (nSPS) is 10.6. The molecule has 0 aliphatic heterocycles. The fourth-order valence-electron chi connectivity index (χ4n) is 1.73. The molecular formula is C15H14BrClFNO. The van der Waals surface area contributed by atoms with E-state index in [4.69, 9.17) is 16.3 Å². The quantitative estimate of drug-likeness (QED) is 0.798. The first-order valence-electron chi connectivity index (χ1n) is 6.23. The van der Waals surface area contributed by atoms with Crippen LogP contribution in [0.3, 0.4) is 0 Å². The van der Waals surface area contributed by atoms with Crippen LogP contribution in [0.5, 0.6) is 11.5 Å². The minimum atomic E-state index is -0.316. The zero-order valence-electron chi connectivity index (χ0n) is 10.9. The lowest BCUT2D eigenvalue weighted by atomic mass is 10.2. The molecule has 0 unspecified atom stereocenters. The van der Waals surface area contributed by atoms with Gasteiger partial charge in [-0.3, -0.25) is 0 Å². The van der Waals surface area contributed by atoms with Crippen molar-refractivity contribution in [3.05, 3.63) is 57.3 Å². The van der Waals surface area contributed by atoms with E-state index in [1.54, 1.807) is 6.07 Å². The molecule has 1 N–H and O–H groups in total. The molecule has 2 aromatic carbocycles. The SMILES string of the molecule is CCNCc1c(Cl)cccc1Oc1ccc(F)cc1Br. The summed E-state index contributed by atoms with van der Waals surface area (Å²) >= 11 is 9.49. The van der Waals surface area contributed by atoms with Crippen LogP contribution in [0.2, 0.25) is 5.02 Å². The topological polar surface area (TPSA) is 21.3 Å². The van der Waals surface area contributed by atoms with Crippen molar-refractivity contribution < 1.29 is 9.13 Å². The van der Waals surface area contributed by atoms with Gasteiger partial charge < -0.3 is 10.1 Å². The number of hydrogen-bond donors (Lipinski definition) is 1. The van der Waals surface area contributed by atoms with Gasteiger partial charge in [0.05, 0.1) is 4.47 Å². The minimum Gasteiger partial charge on any atom is -0.456 e. The summed E-state index contributed by atoms with van der Waals surface area (Å²) in [4.78, 5) is 0. The van der Waals surface area contributed by atoms with Gasteiger partial charge in [0.1, 0.15) is 17.3 Å². The molecule has 2 nitrogen and oxygen atoms in total. The monoisotopic (exact) mass is 357 g/mol. The van der Waals surface area contributed by atoms with Crippen molar-refractivity contribution in [2.75, 3.05) is 6.54 Å². The summed E-state index contributed by atoms with van der Waals surface area (Å²) in [7, 11) is 0. The number of rotatable bonds is 5. The zero-order chi connectivity index (χ0) is 14.5. The van der Waals surface area contributed by atoms with E-state index in [9.17, 15) is 4.39 Å². The van der Waals surface area contributed by atoms with Crippen molar-refractivity contribution in [1.29, 1.82) is 0 Å². The molecule has 0 radical (unpaired) electrons. The standard InChI is InChI=1S/C15H14BrClFNO/c1-2-19-9-11-13(17)4-3-5-14(11)20-15-7-6-10(18)8-12(15)16/h3-8,19H,2,9H2,1H3. The van der Waals surface area contributed by atoms with Gasteiger partial charge in [-0.05, 0) is 52.8 Å². The van der Waals surface area contributed by atoms with Crippen LogP contribution in [-0.2, 0) is 6.54 Å². The van der Waals surface area contributed by atoms with Crippen LogP contribution in [0.15, 0.2) is 40.9 Å². The molecule has 0 aromatic heterocycles. The molecule has 2 aromatic rings. The highest BCUT2D eigenvalue weighted by molar-refractivity contribution is 9.10. The van der Waals surface area contributed by atoms with Crippen LogP contribution in [-0.4, -0.2) is 6.54 Å². The second-order valence-corrected chi connectivity index (χ2v) is 5.44. The van der Waals surface area contributed by atoms with Crippen molar-refractivity contribution in [2.45, 2.75) is 13.5 Å². The van der Waals surface area contributed by atoms with Gasteiger partial charge in [-0.1, -0.05) is 24.6 Å². The molecule has 0 aliphatic carbocycles. The van der Waals surface area contributed by atoms with Gasteiger partial charge >= 0.3 is 0 Å². The molecule has 0 amide bonds. The first-order chi connectivity index (χ1) is 9.61. The molecular weight excluding hydrogens is 345 g/mol. The first kappa shape index (κ1) is 15.3. The molecule has 106 valence electrons. The molecule has 0 heterocycles. The Bertz CT molecular complexity index is 606. The van der Waals surface area contributed by atoms with Gasteiger partial charge in [0.25, 0.3) is 0 Å². The number of hydrogen-bond acceptors (Lipinski definition) is 2. The zero-order valence-corrected chi connectivity index (χ0v) is 13.3. The Balaban J connectivity index is 2.30. The van der Waals surface area contributed by atoms with Crippen LogP contribution < -0.4 is 10.1 Å². The highest BCUT2D eigenvalue weighted by Gasteiger charge is 2.11. The lowest BCUT2D eigenvalue weighted by Crippen LogP contribution is -2.12. The smallest absolute Gasteiger partial charge is 0.141 e. The van der Waals surface area contributed by atoms with Gasteiger partial charge in [0.2, 0.25) is 0 Å². The van der Waals surface area contributed by atoms with Crippen LogP contribution in [0, 0.1) is 5.82 Å². The van der Waals surface area contributed by atoms with Gasteiger partial charge in [0.15, 0.2) is 0 Å². The number of halogens is 3. The summed E-state index contributed by atoms with van der Waals surface area (Å²) in [6.07, 6.45) is 0. The molecule has 0 aliphatic rings. The van der Waals surface area contributed by atoms with E-state index in [1.807, 2.05) is 25.1 Å². The van der Waals surface area contributed by atoms with Gasteiger partial charge in [-0.2, -0.15) is 0 Å². The van der Waals surface area contributed by atoms with Crippen LogP contribution in [0.4, 0.5) is 4.39 Å². The summed E-state index contributed by atoms with van der Waals surface area (Å²) in [6.45, 7) is 3.48. The van der Waals surface area contributed by atoms with E-state index in [0.29, 0.717) is 27.5 Å². The lowest BCUT2D eigenvalue weighted by Gasteiger charge is -2.14. The fraction of sp³-hybridized carbons (Fsp3) is 0.200. The van der Waals surface area contributed by atoms with Crippen LogP contribution >= 0.6 is 27.5 Å². The molecule has 2 rings (SSSR count). The van der Waals surface area contributed by atoms with E-state index >= 15 is 0 Å². The van der Waals surface area contributed by atoms with Crippen molar-refractivity contribution >= 4 is 27.5 Å². The van der Waals surface area contributed by atoms with Crippen molar-refractivity contribution in [2.24, 2.45) is 0 Å². The Hall–Kier alpha value is -1.10. The molecule has 5 heteroatoms. The summed E-state index contributed by atoms with van der Waals surface area (Å²) in [5.74, 6) is 0.889. The number of nitrogens with one attached hydrogen (secondary N) is 1. The second kappa shape index (κ2) is 7.07. The Morgan fingerprint density at radius 1 is 1.25 bits per heavy atom. The van der Waals surface area contributed by atoms with Gasteiger partial charge in [-0.25, -0.2) is 4.39 Å². The van der Waals surface area contributed by atoms with Crippen LogP contribution in [0.25, 0.3) is 0 Å². The Morgan fingerprint density at radius 2 is 2.05 bits per heavy atom. The fourth-order valence-corrected chi connectivity index (χ4v) is 2.40. The van der Waals surface area contributed by atoms with Gasteiger partial charge in [-0.15, -0.1) is 0 Å². The van der Waals surface area contributed by atoms with E-state index in [0.717, 1.165) is 12.1 Å². The summed E-state index contributed by atoms with van der Waals surface area (Å²) < 4.78 is 19.5. The van der Waals surface area contributed by atoms with Crippen molar-refractivity contribution in [1.82, 2.24) is 5.32 Å². The molecule has 0 saturated carbocycles. The highest BCUT2D eigenvalue weighted by atomic mass is 79.9. The number of ether oxygens (including phenoxy) is 1. The lowest BCUT2D eigenvalue weighted by molar-refractivity contribution is 0.468. The third-order valence-corrected chi connectivity index (χ3v) is 3.72. The third kappa shape index (κ3) is 3.72. The Kier molecular flexibility index (Phi) is 5.40. The molecule has 0 saturated heterocycles. The van der Waals surface area contributed by atoms with E-state index in [1.165, 1.54) is 12.1 Å². The van der Waals surface area contributed by atoms with E-state index < -0.39 is 0 Å². The predicted molar refractivity (Wildman–Crippen MR) is 83.0 cm³/mol. The second-order valence-electron chi connectivity index (χ2n) is 4.17. The predicted octanol–water partition coefficient (Wildman–Crippen LogP) is 5.14. The largest absolute Gasteiger partial charge is 0.456 e. The minimum absolute atomic E-state index is 0.316. The molecule has 20 heavy (non-hydrogen) atoms. The Labute approximate surface area is 131 Å². The average Bonchev–Trinajstić information content (AvgIpc) is 2.41. The van der Waals surface area contributed by atoms with E-state index in [-0.39, 0.29) is 5.82 Å². The third-order valence-electron chi connectivity index (χ3n) is 2.74. The van der Waals surface area contributed by atoms with E-state index in [2.05, 4.69) is 21.2 Å². The number of benzene rings is 2. The molecule has 0 fully saturated rings. The first-order valence-corrected chi connectivity index (χ1v) is 7.40. The van der Waals surface area contributed by atoms with Gasteiger partial charge in [0, 0.05) is 17.1 Å². The van der Waals surface area contributed by atoms with Crippen molar-refractivity contribution in [3.63, 3.8) is 0 Å². The average molecular weight is 359 g/mol. The maximum Gasteiger partial charge on any atom is 0.141 e. The summed E-state index contributed by atoms with van der Waals surface area (Å²) in [6, 6.07) is 9.79. The molecule has 0 atom stereocenters. The summed E-state index contributed by atoms with van der Waals surface area (Å²) in [5, 5.41) is 3.86. The molecule has 0 bridgehead atoms. The Morgan fingerprint density at radius 3 is 2.75 bits per heavy atom. The molecule has 0 spiro atoms. The maximum atomic E-state index is 13.1. The van der Waals surface area contributed by atoms with Crippen LogP contribution in [0.1, 0.15) is 12.5 Å². The highest BCUT2D eigenvalue weighted by Crippen LogP contribution is 2.34. The van der Waals surface area contributed by atoms with Crippen molar-refractivity contribution in [3.8, 4) is 11.5 Å². The summed E-state index contributed by atoms with van der Waals surface area (Å²) in [5.41, 5.74) is 0.882.